The van der Waals surface area contributed by atoms with Gasteiger partial charge in [0.25, 0.3) is 0 Å². The molecule has 0 aromatic carbocycles. The second kappa shape index (κ2) is 24.5. The molecule has 0 aromatic rings. The fourth-order valence-corrected chi connectivity index (χ4v) is 4.96. The molecule has 2 N–H and O–H groups in total. The molecule has 3 nitrogen and oxygen atoms in total. The van der Waals surface area contributed by atoms with E-state index in [1.165, 1.54) is 128 Å². The largest absolute Gasteiger partial charge is 0.391 e. The Kier molecular flexibility index (Phi) is 24.4. The second-order valence-corrected chi connectivity index (χ2v) is 10.0. The van der Waals surface area contributed by atoms with E-state index in [-0.39, 0.29) is 13.2 Å². The number of aliphatic hydroxyl groups excluding tert-OH is 2. The van der Waals surface area contributed by atoms with E-state index >= 15 is 0 Å². The van der Waals surface area contributed by atoms with Gasteiger partial charge in [0.2, 0.25) is 0 Å². The first-order valence-electron chi connectivity index (χ1n) is 14.3. The van der Waals surface area contributed by atoms with E-state index in [9.17, 15) is 10.2 Å². The molecule has 0 aliphatic rings. The molecule has 31 heavy (non-hydrogen) atoms. The van der Waals surface area contributed by atoms with Crippen LogP contribution in [0.4, 0.5) is 0 Å². The van der Waals surface area contributed by atoms with Gasteiger partial charge in [0.05, 0.1) is 26.3 Å². The van der Waals surface area contributed by atoms with Crippen molar-refractivity contribution in [3.05, 3.63) is 0 Å². The minimum absolute atomic E-state index is 0.244. The normalized spacial score (nSPS) is 12.0. The van der Waals surface area contributed by atoms with Crippen molar-refractivity contribution >= 4 is 0 Å². The molecule has 0 heterocycles. The fourth-order valence-electron chi connectivity index (χ4n) is 4.96. The molecule has 0 amide bonds. The third kappa shape index (κ3) is 20.2. The predicted octanol–water partition coefficient (Wildman–Crippen LogP) is 7.63. The van der Waals surface area contributed by atoms with Crippen LogP contribution in [0.15, 0.2) is 0 Å². The average molecular weight is 443 g/mol. The summed E-state index contributed by atoms with van der Waals surface area (Å²) >= 11 is 0. The van der Waals surface area contributed by atoms with Crippen molar-refractivity contribution in [3.63, 3.8) is 0 Å². The summed E-state index contributed by atoms with van der Waals surface area (Å²) in [5.74, 6) is 0. The van der Waals surface area contributed by atoms with E-state index < -0.39 is 0 Å². The lowest BCUT2D eigenvalue weighted by Crippen LogP contribution is -2.52. The highest BCUT2D eigenvalue weighted by molar-refractivity contribution is 4.52. The molecule has 0 bridgehead atoms. The van der Waals surface area contributed by atoms with Gasteiger partial charge in [-0.25, -0.2) is 0 Å². The van der Waals surface area contributed by atoms with E-state index in [2.05, 4.69) is 13.8 Å². The Hall–Kier alpha value is -0.120. The highest BCUT2D eigenvalue weighted by atomic mass is 16.3. The number of unbranched alkanes of at least 4 members (excludes halogenated alkanes) is 18. The molecular formula is C28H60NO2+. The summed E-state index contributed by atoms with van der Waals surface area (Å²) in [5, 5.41) is 19.2. The molecule has 0 fully saturated rings. The van der Waals surface area contributed by atoms with Gasteiger partial charge in [0.15, 0.2) is 0 Å². The summed E-state index contributed by atoms with van der Waals surface area (Å²) in [6, 6.07) is 0. The zero-order valence-corrected chi connectivity index (χ0v) is 21.7. The van der Waals surface area contributed by atoms with Gasteiger partial charge in [-0.3, -0.25) is 0 Å². The highest BCUT2D eigenvalue weighted by Gasteiger charge is 2.25. The Morgan fingerprint density at radius 1 is 0.355 bits per heavy atom. The standard InChI is InChI=1S/C28H60NO2/c1-3-5-7-9-11-12-13-14-15-16-17-18-20-22-24-29(25-27-30,26-28-31)23-21-19-10-8-6-4-2/h30-31H,3-28H2,1-2H3/q+1. The molecule has 0 saturated carbocycles. The third-order valence-corrected chi connectivity index (χ3v) is 7.12. The molecular weight excluding hydrogens is 382 g/mol. The van der Waals surface area contributed by atoms with Gasteiger partial charge in [-0.05, 0) is 25.7 Å². The topological polar surface area (TPSA) is 40.5 Å². The van der Waals surface area contributed by atoms with Crippen LogP contribution in [0.1, 0.15) is 142 Å². The Labute approximate surface area is 196 Å². The van der Waals surface area contributed by atoms with Crippen LogP contribution in [0.5, 0.6) is 0 Å². The second-order valence-electron chi connectivity index (χ2n) is 10.0. The van der Waals surface area contributed by atoms with E-state index in [4.69, 9.17) is 0 Å². The van der Waals surface area contributed by atoms with Gasteiger partial charge in [-0.15, -0.1) is 0 Å². The van der Waals surface area contributed by atoms with E-state index in [1.807, 2.05) is 0 Å². The minimum Gasteiger partial charge on any atom is -0.391 e. The number of rotatable bonds is 26. The van der Waals surface area contributed by atoms with Gasteiger partial charge >= 0.3 is 0 Å². The van der Waals surface area contributed by atoms with E-state index in [0.717, 1.165) is 30.7 Å². The Bertz CT molecular complexity index is 329. The third-order valence-electron chi connectivity index (χ3n) is 7.12. The zero-order valence-electron chi connectivity index (χ0n) is 21.7. The van der Waals surface area contributed by atoms with Gasteiger partial charge in [-0.2, -0.15) is 0 Å². The number of aliphatic hydroxyl groups is 2. The first-order valence-corrected chi connectivity index (χ1v) is 14.3. The summed E-state index contributed by atoms with van der Waals surface area (Å²) in [5.41, 5.74) is 0. The van der Waals surface area contributed by atoms with Crippen molar-refractivity contribution in [2.45, 2.75) is 142 Å². The number of nitrogens with zero attached hydrogens (tertiary/aromatic N) is 1. The SMILES string of the molecule is CCCCCCCCCCCCCCCC[N+](CCO)(CCO)CCCCCCCC. The van der Waals surface area contributed by atoms with Crippen LogP contribution in [-0.2, 0) is 0 Å². The Morgan fingerprint density at radius 2 is 0.613 bits per heavy atom. The van der Waals surface area contributed by atoms with E-state index in [1.54, 1.807) is 0 Å². The lowest BCUT2D eigenvalue weighted by molar-refractivity contribution is -0.929. The lowest BCUT2D eigenvalue weighted by atomic mass is 10.0. The monoisotopic (exact) mass is 442 g/mol. The Balaban J connectivity index is 3.79. The number of quaternary nitrogens is 1. The Morgan fingerprint density at radius 3 is 0.871 bits per heavy atom. The smallest absolute Gasteiger partial charge is 0.102 e. The van der Waals surface area contributed by atoms with Crippen molar-refractivity contribution in [2.75, 3.05) is 39.4 Å². The van der Waals surface area contributed by atoms with Crippen LogP contribution >= 0.6 is 0 Å². The lowest BCUT2D eigenvalue weighted by Gasteiger charge is -2.38. The predicted molar refractivity (Wildman–Crippen MR) is 138 cm³/mol. The molecule has 0 aliphatic carbocycles. The van der Waals surface area contributed by atoms with Crippen molar-refractivity contribution in [2.24, 2.45) is 0 Å². The molecule has 3 heteroatoms. The van der Waals surface area contributed by atoms with Crippen molar-refractivity contribution in [1.29, 1.82) is 0 Å². The van der Waals surface area contributed by atoms with Gasteiger partial charge in [-0.1, -0.05) is 117 Å². The van der Waals surface area contributed by atoms with Crippen LogP contribution in [0.3, 0.4) is 0 Å². The van der Waals surface area contributed by atoms with E-state index in [0.29, 0.717) is 0 Å². The fraction of sp³-hybridized carbons (Fsp3) is 1.00. The molecule has 0 radical (unpaired) electrons. The number of hydrogen-bond donors (Lipinski definition) is 2. The maximum atomic E-state index is 9.62. The molecule has 0 saturated heterocycles. The summed E-state index contributed by atoms with van der Waals surface area (Å²) in [6.45, 7) is 8.93. The number of hydrogen-bond acceptors (Lipinski definition) is 2. The van der Waals surface area contributed by atoms with Gasteiger partial charge in [0, 0.05) is 0 Å². The molecule has 0 rings (SSSR count). The van der Waals surface area contributed by atoms with Gasteiger partial charge in [0.1, 0.15) is 13.1 Å². The molecule has 0 unspecified atom stereocenters. The van der Waals surface area contributed by atoms with Crippen LogP contribution in [0, 0.1) is 0 Å². The maximum absolute atomic E-state index is 9.62. The van der Waals surface area contributed by atoms with Crippen LogP contribution in [0.2, 0.25) is 0 Å². The molecule has 0 aromatic heterocycles. The quantitative estimate of drug-likeness (QED) is 0.107. The summed E-state index contributed by atoms with van der Waals surface area (Å²) in [7, 11) is 0. The van der Waals surface area contributed by atoms with Crippen molar-refractivity contribution in [1.82, 2.24) is 0 Å². The summed E-state index contributed by atoms with van der Waals surface area (Å²) in [4.78, 5) is 0. The highest BCUT2D eigenvalue weighted by Crippen LogP contribution is 2.16. The van der Waals surface area contributed by atoms with Crippen LogP contribution < -0.4 is 0 Å². The zero-order chi connectivity index (χ0) is 22.9. The first kappa shape index (κ1) is 30.9. The van der Waals surface area contributed by atoms with Gasteiger partial charge < -0.3 is 14.7 Å². The van der Waals surface area contributed by atoms with Crippen molar-refractivity contribution in [3.8, 4) is 0 Å². The molecule has 188 valence electrons. The molecule has 0 atom stereocenters. The van der Waals surface area contributed by atoms with Crippen LogP contribution in [-0.4, -0.2) is 54.1 Å². The summed E-state index contributed by atoms with van der Waals surface area (Å²) in [6.07, 6.45) is 27.4. The summed E-state index contributed by atoms with van der Waals surface area (Å²) < 4.78 is 0.930. The molecule has 0 spiro atoms. The molecule has 0 aliphatic heterocycles. The minimum atomic E-state index is 0.244. The van der Waals surface area contributed by atoms with Crippen LogP contribution in [0.25, 0.3) is 0 Å². The first-order chi connectivity index (χ1) is 15.2. The average Bonchev–Trinajstić information content (AvgIpc) is 2.77. The maximum Gasteiger partial charge on any atom is 0.102 e. The van der Waals surface area contributed by atoms with Crippen molar-refractivity contribution < 1.29 is 14.7 Å².